The molecule has 2 aromatic carbocycles. The highest BCUT2D eigenvalue weighted by molar-refractivity contribution is 5.96. The first-order valence-electron chi connectivity index (χ1n) is 7.91. The smallest absolute Gasteiger partial charge is 0.293 e. The zero-order chi connectivity index (χ0) is 18.0. The van der Waals surface area contributed by atoms with E-state index >= 15 is 0 Å². The first kappa shape index (κ1) is 16.6. The fourth-order valence-electron chi connectivity index (χ4n) is 2.43. The van der Waals surface area contributed by atoms with Gasteiger partial charge in [0.15, 0.2) is 5.78 Å². The summed E-state index contributed by atoms with van der Waals surface area (Å²) in [5.41, 5.74) is 1.61. The standard InChI is InChI=1S/C18H17N3O4/c1-11(22)13-7-8-16(17(9-13)21(24)25)19-14-3-2-4-15(10-14)20-18(23)12-5-6-12/h2-4,7-10,12,19H,5-6H2,1H3,(H,20,23). The van der Waals surface area contributed by atoms with Gasteiger partial charge in [-0.05, 0) is 50.1 Å². The number of hydrogen-bond donors (Lipinski definition) is 2. The summed E-state index contributed by atoms with van der Waals surface area (Å²) in [5, 5.41) is 17.1. The molecule has 0 aliphatic heterocycles. The van der Waals surface area contributed by atoms with Crippen LogP contribution in [-0.4, -0.2) is 16.6 Å². The van der Waals surface area contributed by atoms with E-state index in [-0.39, 0.29) is 34.5 Å². The second kappa shape index (κ2) is 6.72. The predicted octanol–water partition coefficient (Wildman–Crippen LogP) is 3.89. The molecular formula is C18H17N3O4. The van der Waals surface area contributed by atoms with Gasteiger partial charge in [0.2, 0.25) is 5.91 Å². The lowest BCUT2D eigenvalue weighted by Gasteiger charge is -2.10. The number of nitro groups is 1. The molecule has 0 saturated heterocycles. The van der Waals surface area contributed by atoms with Crippen LogP contribution >= 0.6 is 0 Å². The Morgan fingerprint density at radius 1 is 1.12 bits per heavy atom. The molecule has 3 rings (SSSR count). The van der Waals surface area contributed by atoms with Crippen LogP contribution < -0.4 is 10.6 Å². The Kier molecular flexibility index (Phi) is 4.47. The molecule has 1 aliphatic rings. The number of nitrogens with one attached hydrogen (secondary N) is 2. The van der Waals surface area contributed by atoms with Crippen molar-refractivity contribution in [1.29, 1.82) is 0 Å². The van der Waals surface area contributed by atoms with Crippen molar-refractivity contribution < 1.29 is 14.5 Å². The number of hydrogen-bond acceptors (Lipinski definition) is 5. The van der Waals surface area contributed by atoms with Crippen molar-refractivity contribution in [2.24, 2.45) is 5.92 Å². The number of ketones is 1. The number of anilines is 3. The topological polar surface area (TPSA) is 101 Å². The van der Waals surface area contributed by atoms with Crippen molar-refractivity contribution in [1.82, 2.24) is 0 Å². The second-order valence-corrected chi connectivity index (χ2v) is 6.01. The molecule has 0 radical (unpaired) electrons. The number of carbonyl (C=O) groups is 2. The van der Waals surface area contributed by atoms with E-state index in [4.69, 9.17) is 0 Å². The SMILES string of the molecule is CC(=O)c1ccc(Nc2cccc(NC(=O)C3CC3)c2)c([N+](=O)[O-])c1. The third-order valence-electron chi connectivity index (χ3n) is 3.96. The molecule has 0 aromatic heterocycles. The van der Waals surface area contributed by atoms with Crippen LogP contribution in [-0.2, 0) is 4.79 Å². The molecule has 2 aromatic rings. The van der Waals surface area contributed by atoms with Crippen LogP contribution in [0.15, 0.2) is 42.5 Å². The predicted molar refractivity (Wildman–Crippen MR) is 94.2 cm³/mol. The number of nitrogens with zero attached hydrogens (tertiary/aromatic N) is 1. The van der Waals surface area contributed by atoms with E-state index in [0.29, 0.717) is 11.4 Å². The Balaban J connectivity index is 1.83. The van der Waals surface area contributed by atoms with E-state index in [1.54, 1.807) is 24.3 Å². The number of carbonyl (C=O) groups excluding carboxylic acids is 2. The summed E-state index contributed by atoms with van der Waals surface area (Å²) >= 11 is 0. The molecule has 1 saturated carbocycles. The number of amides is 1. The van der Waals surface area contributed by atoms with Gasteiger partial charge in [-0.25, -0.2) is 0 Å². The fraction of sp³-hybridized carbons (Fsp3) is 0.222. The minimum atomic E-state index is -0.534. The van der Waals surface area contributed by atoms with Gasteiger partial charge in [0, 0.05) is 28.9 Å². The highest BCUT2D eigenvalue weighted by atomic mass is 16.6. The van der Waals surface area contributed by atoms with Crippen LogP contribution in [0.2, 0.25) is 0 Å². The molecule has 128 valence electrons. The molecule has 0 spiro atoms. The minimum Gasteiger partial charge on any atom is -0.350 e. The average molecular weight is 339 g/mol. The van der Waals surface area contributed by atoms with Crippen molar-refractivity contribution in [3.63, 3.8) is 0 Å². The van der Waals surface area contributed by atoms with Gasteiger partial charge in [-0.2, -0.15) is 0 Å². The third kappa shape index (κ3) is 4.00. The van der Waals surface area contributed by atoms with Crippen LogP contribution in [0.25, 0.3) is 0 Å². The molecular weight excluding hydrogens is 322 g/mol. The molecule has 25 heavy (non-hydrogen) atoms. The van der Waals surface area contributed by atoms with Crippen molar-refractivity contribution in [2.45, 2.75) is 19.8 Å². The number of nitro benzene ring substituents is 1. The van der Waals surface area contributed by atoms with Crippen molar-refractivity contribution in [3.05, 3.63) is 58.1 Å². The highest BCUT2D eigenvalue weighted by Crippen LogP contribution is 2.32. The van der Waals surface area contributed by atoms with Gasteiger partial charge in [-0.1, -0.05) is 6.07 Å². The van der Waals surface area contributed by atoms with E-state index in [1.807, 2.05) is 0 Å². The molecule has 7 nitrogen and oxygen atoms in total. The normalized spacial score (nSPS) is 13.2. The minimum absolute atomic E-state index is 0.00561. The Morgan fingerprint density at radius 3 is 2.48 bits per heavy atom. The lowest BCUT2D eigenvalue weighted by molar-refractivity contribution is -0.383. The molecule has 7 heteroatoms. The molecule has 0 bridgehead atoms. The van der Waals surface area contributed by atoms with Gasteiger partial charge in [-0.3, -0.25) is 19.7 Å². The molecule has 1 aliphatic carbocycles. The monoisotopic (exact) mass is 339 g/mol. The summed E-state index contributed by atoms with van der Waals surface area (Å²) in [6, 6.07) is 11.3. The maximum Gasteiger partial charge on any atom is 0.293 e. The molecule has 2 N–H and O–H groups in total. The average Bonchev–Trinajstić information content (AvgIpc) is 3.40. The molecule has 1 amide bonds. The van der Waals surface area contributed by atoms with E-state index in [9.17, 15) is 19.7 Å². The van der Waals surface area contributed by atoms with Crippen molar-refractivity contribution in [2.75, 3.05) is 10.6 Å². The van der Waals surface area contributed by atoms with E-state index in [2.05, 4.69) is 10.6 Å². The zero-order valence-electron chi connectivity index (χ0n) is 13.6. The van der Waals surface area contributed by atoms with Gasteiger partial charge in [-0.15, -0.1) is 0 Å². The fourth-order valence-corrected chi connectivity index (χ4v) is 2.43. The third-order valence-corrected chi connectivity index (χ3v) is 3.96. The number of Topliss-reactive ketones (excluding diaryl/α,β-unsaturated/α-hetero) is 1. The van der Waals surface area contributed by atoms with Crippen molar-refractivity contribution in [3.8, 4) is 0 Å². The summed E-state index contributed by atoms with van der Waals surface area (Å²) in [5.74, 6) is -0.148. The summed E-state index contributed by atoms with van der Waals surface area (Å²) in [4.78, 5) is 34.0. The lowest BCUT2D eigenvalue weighted by Crippen LogP contribution is -2.13. The van der Waals surface area contributed by atoms with Crippen LogP contribution in [0, 0.1) is 16.0 Å². The van der Waals surface area contributed by atoms with Gasteiger partial charge >= 0.3 is 0 Å². The zero-order valence-corrected chi connectivity index (χ0v) is 13.6. The van der Waals surface area contributed by atoms with Crippen LogP contribution in [0.3, 0.4) is 0 Å². The molecule has 1 fully saturated rings. The van der Waals surface area contributed by atoms with E-state index < -0.39 is 4.92 Å². The Labute approximate surface area is 144 Å². The summed E-state index contributed by atoms with van der Waals surface area (Å²) in [6.45, 7) is 1.36. The maximum absolute atomic E-state index is 11.8. The number of benzene rings is 2. The largest absolute Gasteiger partial charge is 0.350 e. The van der Waals surface area contributed by atoms with Crippen LogP contribution in [0.4, 0.5) is 22.7 Å². The summed E-state index contributed by atoms with van der Waals surface area (Å²) in [7, 11) is 0. The van der Waals surface area contributed by atoms with E-state index in [1.165, 1.54) is 25.1 Å². The first-order chi connectivity index (χ1) is 11.9. The van der Waals surface area contributed by atoms with Gasteiger partial charge < -0.3 is 10.6 Å². The quantitative estimate of drug-likeness (QED) is 0.472. The van der Waals surface area contributed by atoms with Gasteiger partial charge in [0.05, 0.1) is 4.92 Å². The molecule has 0 unspecified atom stereocenters. The van der Waals surface area contributed by atoms with Crippen molar-refractivity contribution >= 4 is 34.4 Å². The molecule has 0 heterocycles. The summed E-state index contributed by atoms with van der Waals surface area (Å²) < 4.78 is 0. The lowest BCUT2D eigenvalue weighted by atomic mass is 10.1. The second-order valence-electron chi connectivity index (χ2n) is 6.01. The van der Waals surface area contributed by atoms with Crippen LogP contribution in [0.5, 0.6) is 0 Å². The van der Waals surface area contributed by atoms with E-state index in [0.717, 1.165) is 12.8 Å². The Morgan fingerprint density at radius 2 is 1.84 bits per heavy atom. The van der Waals surface area contributed by atoms with Crippen LogP contribution in [0.1, 0.15) is 30.1 Å². The Bertz CT molecular complexity index is 859. The van der Waals surface area contributed by atoms with Gasteiger partial charge in [0.25, 0.3) is 5.69 Å². The first-order valence-corrected chi connectivity index (χ1v) is 7.91. The Hall–Kier alpha value is -3.22. The highest BCUT2D eigenvalue weighted by Gasteiger charge is 2.29. The molecule has 0 atom stereocenters. The summed E-state index contributed by atoms with van der Waals surface area (Å²) in [6.07, 6.45) is 1.83. The maximum atomic E-state index is 11.8. The van der Waals surface area contributed by atoms with Gasteiger partial charge in [0.1, 0.15) is 5.69 Å². The number of rotatable bonds is 6.